The SMILES string of the molecule is CCC(C)(C)c1ccc(CNC(=O)NCCCC(=O)O)cc1. The van der Waals surface area contributed by atoms with Crippen molar-refractivity contribution >= 4 is 12.0 Å². The number of carbonyl (C=O) groups is 2. The molecule has 1 aromatic rings. The molecule has 0 saturated carbocycles. The molecular weight excluding hydrogens is 280 g/mol. The van der Waals surface area contributed by atoms with Gasteiger partial charge in [-0.15, -0.1) is 0 Å². The molecule has 0 unspecified atom stereocenters. The lowest BCUT2D eigenvalue weighted by Crippen LogP contribution is -2.35. The van der Waals surface area contributed by atoms with Crippen molar-refractivity contribution in [3.63, 3.8) is 0 Å². The van der Waals surface area contributed by atoms with Gasteiger partial charge in [-0.25, -0.2) is 4.79 Å². The Kier molecular flexibility index (Phi) is 6.89. The van der Waals surface area contributed by atoms with Gasteiger partial charge >= 0.3 is 12.0 Å². The molecule has 5 nitrogen and oxygen atoms in total. The molecule has 2 amide bonds. The number of nitrogens with one attached hydrogen (secondary N) is 2. The second-order valence-electron chi connectivity index (χ2n) is 6.04. The third-order valence-corrected chi connectivity index (χ3v) is 3.93. The number of urea groups is 1. The van der Waals surface area contributed by atoms with Crippen LogP contribution in [0.15, 0.2) is 24.3 Å². The zero-order chi connectivity index (χ0) is 16.6. The molecule has 0 aliphatic heterocycles. The monoisotopic (exact) mass is 306 g/mol. The van der Waals surface area contributed by atoms with E-state index < -0.39 is 5.97 Å². The molecule has 0 aliphatic rings. The number of rotatable bonds is 8. The highest BCUT2D eigenvalue weighted by Crippen LogP contribution is 2.26. The van der Waals surface area contributed by atoms with Crippen LogP contribution in [0.2, 0.25) is 0 Å². The van der Waals surface area contributed by atoms with Gasteiger partial charge < -0.3 is 15.7 Å². The third-order valence-electron chi connectivity index (χ3n) is 3.93. The first-order valence-electron chi connectivity index (χ1n) is 7.68. The average Bonchev–Trinajstić information content (AvgIpc) is 2.49. The van der Waals surface area contributed by atoms with Crippen molar-refractivity contribution in [2.24, 2.45) is 0 Å². The Morgan fingerprint density at radius 3 is 2.32 bits per heavy atom. The minimum absolute atomic E-state index is 0.0644. The maximum Gasteiger partial charge on any atom is 0.315 e. The topological polar surface area (TPSA) is 78.4 Å². The summed E-state index contributed by atoms with van der Waals surface area (Å²) < 4.78 is 0. The lowest BCUT2D eigenvalue weighted by atomic mass is 9.82. The highest BCUT2D eigenvalue weighted by atomic mass is 16.4. The van der Waals surface area contributed by atoms with Crippen LogP contribution in [0.5, 0.6) is 0 Å². The van der Waals surface area contributed by atoms with Gasteiger partial charge in [0.2, 0.25) is 0 Å². The number of hydrogen-bond acceptors (Lipinski definition) is 2. The van der Waals surface area contributed by atoms with Crippen LogP contribution in [0.3, 0.4) is 0 Å². The lowest BCUT2D eigenvalue weighted by molar-refractivity contribution is -0.137. The van der Waals surface area contributed by atoms with Crippen LogP contribution < -0.4 is 10.6 Å². The van der Waals surface area contributed by atoms with Gasteiger partial charge in [0.1, 0.15) is 0 Å². The summed E-state index contributed by atoms with van der Waals surface area (Å²) in [6.07, 6.45) is 1.57. The smallest absolute Gasteiger partial charge is 0.315 e. The minimum atomic E-state index is -0.850. The Labute approximate surface area is 132 Å². The first-order valence-corrected chi connectivity index (χ1v) is 7.68. The molecule has 0 radical (unpaired) electrons. The summed E-state index contributed by atoms with van der Waals surface area (Å²) in [7, 11) is 0. The third kappa shape index (κ3) is 6.16. The number of amides is 2. The Bertz CT molecular complexity index is 495. The molecule has 1 aromatic carbocycles. The van der Waals surface area contributed by atoms with E-state index in [2.05, 4.69) is 43.5 Å². The lowest BCUT2D eigenvalue weighted by Gasteiger charge is -2.23. The Hall–Kier alpha value is -2.04. The summed E-state index contributed by atoms with van der Waals surface area (Å²) >= 11 is 0. The first-order chi connectivity index (χ1) is 10.3. The fourth-order valence-electron chi connectivity index (χ4n) is 1.96. The van der Waals surface area contributed by atoms with Gasteiger partial charge in [0.05, 0.1) is 0 Å². The molecule has 0 saturated heterocycles. The van der Waals surface area contributed by atoms with E-state index in [0.717, 1.165) is 12.0 Å². The largest absolute Gasteiger partial charge is 0.481 e. The van der Waals surface area contributed by atoms with Crippen molar-refractivity contribution in [2.45, 2.75) is 52.0 Å². The van der Waals surface area contributed by atoms with E-state index in [1.165, 1.54) is 5.56 Å². The number of carboxylic acids is 1. The van der Waals surface area contributed by atoms with Crippen molar-refractivity contribution in [3.05, 3.63) is 35.4 Å². The molecule has 0 aliphatic carbocycles. The van der Waals surface area contributed by atoms with Gasteiger partial charge in [-0.3, -0.25) is 4.79 Å². The van der Waals surface area contributed by atoms with Crippen LogP contribution in [-0.2, 0) is 16.8 Å². The molecule has 0 bridgehead atoms. The maximum atomic E-state index is 11.6. The molecule has 0 fully saturated rings. The molecule has 0 spiro atoms. The predicted molar refractivity (Wildman–Crippen MR) is 86.9 cm³/mol. The van der Waals surface area contributed by atoms with Crippen molar-refractivity contribution in [1.82, 2.24) is 10.6 Å². The van der Waals surface area contributed by atoms with E-state index in [-0.39, 0.29) is 17.9 Å². The second kappa shape index (κ2) is 8.41. The molecule has 1 rings (SSSR count). The second-order valence-corrected chi connectivity index (χ2v) is 6.04. The van der Waals surface area contributed by atoms with Crippen molar-refractivity contribution in [1.29, 1.82) is 0 Å². The number of aliphatic carboxylic acids is 1. The van der Waals surface area contributed by atoms with Crippen molar-refractivity contribution < 1.29 is 14.7 Å². The molecule has 3 N–H and O–H groups in total. The van der Waals surface area contributed by atoms with E-state index in [1.807, 2.05) is 12.1 Å². The van der Waals surface area contributed by atoms with Crippen LogP contribution >= 0.6 is 0 Å². The summed E-state index contributed by atoms with van der Waals surface area (Å²) in [4.78, 5) is 21.9. The zero-order valence-electron chi connectivity index (χ0n) is 13.6. The predicted octanol–water partition coefficient (Wildman–Crippen LogP) is 3.04. The maximum absolute atomic E-state index is 11.6. The van der Waals surface area contributed by atoms with Gasteiger partial charge in [0, 0.05) is 19.5 Å². The van der Waals surface area contributed by atoms with E-state index in [0.29, 0.717) is 19.5 Å². The van der Waals surface area contributed by atoms with Gasteiger partial charge in [-0.1, -0.05) is 45.0 Å². The molecule has 5 heteroatoms. The van der Waals surface area contributed by atoms with Crippen LogP contribution in [0.25, 0.3) is 0 Å². The number of carboxylic acid groups (broad SMARTS) is 1. The minimum Gasteiger partial charge on any atom is -0.481 e. The highest BCUT2D eigenvalue weighted by molar-refractivity contribution is 5.73. The van der Waals surface area contributed by atoms with E-state index >= 15 is 0 Å². The van der Waals surface area contributed by atoms with E-state index in [4.69, 9.17) is 5.11 Å². The summed E-state index contributed by atoms with van der Waals surface area (Å²) in [5.41, 5.74) is 2.49. The highest BCUT2D eigenvalue weighted by Gasteiger charge is 2.17. The van der Waals surface area contributed by atoms with Gasteiger partial charge in [0.15, 0.2) is 0 Å². The van der Waals surface area contributed by atoms with Crippen LogP contribution in [0.4, 0.5) is 4.79 Å². The molecule has 0 atom stereocenters. The summed E-state index contributed by atoms with van der Waals surface area (Å²) in [6, 6.07) is 7.98. The van der Waals surface area contributed by atoms with Crippen LogP contribution in [-0.4, -0.2) is 23.7 Å². The zero-order valence-corrected chi connectivity index (χ0v) is 13.6. The van der Waals surface area contributed by atoms with E-state index in [9.17, 15) is 9.59 Å². The normalized spacial score (nSPS) is 11.0. The Morgan fingerprint density at radius 2 is 1.77 bits per heavy atom. The summed E-state index contributed by atoms with van der Waals surface area (Å²) in [5.74, 6) is -0.850. The average molecular weight is 306 g/mol. The number of benzene rings is 1. The van der Waals surface area contributed by atoms with Gasteiger partial charge in [-0.2, -0.15) is 0 Å². The van der Waals surface area contributed by atoms with Crippen molar-refractivity contribution in [2.75, 3.05) is 6.54 Å². The molecule has 22 heavy (non-hydrogen) atoms. The summed E-state index contributed by atoms with van der Waals surface area (Å²) in [6.45, 7) is 7.42. The van der Waals surface area contributed by atoms with Crippen LogP contribution in [0.1, 0.15) is 51.2 Å². The molecular formula is C17H26N2O3. The van der Waals surface area contributed by atoms with Gasteiger partial charge in [0.25, 0.3) is 0 Å². The number of carbonyl (C=O) groups excluding carboxylic acids is 1. The van der Waals surface area contributed by atoms with Crippen molar-refractivity contribution in [3.8, 4) is 0 Å². The summed E-state index contributed by atoms with van der Waals surface area (Å²) in [5, 5.41) is 13.9. The Balaban J connectivity index is 2.35. The van der Waals surface area contributed by atoms with Crippen LogP contribution in [0, 0.1) is 0 Å². The molecule has 0 aromatic heterocycles. The van der Waals surface area contributed by atoms with Gasteiger partial charge in [-0.05, 0) is 29.4 Å². The standard InChI is InChI=1S/C17H26N2O3/c1-4-17(2,3)14-9-7-13(8-10-14)12-19-16(22)18-11-5-6-15(20)21/h7-10H,4-6,11-12H2,1-3H3,(H,20,21)(H2,18,19,22). The molecule has 122 valence electrons. The van der Waals surface area contributed by atoms with E-state index in [1.54, 1.807) is 0 Å². The fraction of sp³-hybridized carbons (Fsp3) is 0.529. The first kappa shape index (κ1) is 18.0. The quantitative estimate of drug-likeness (QED) is 0.646. The Morgan fingerprint density at radius 1 is 1.14 bits per heavy atom. The fourth-order valence-corrected chi connectivity index (χ4v) is 1.96. The molecule has 0 heterocycles. The number of hydrogen-bond donors (Lipinski definition) is 3.